The number of halogens is 2. The molecule has 4 nitrogen and oxygen atoms in total. The van der Waals surface area contributed by atoms with Gasteiger partial charge >= 0.3 is 5.97 Å². The Morgan fingerprint density at radius 3 is 2.41 bits per heavy atom. The van der Waals surface area contributed by atoms with Gasteiger partial charge in [0.2, 0.25) is 11.8 Å². The molecule has 96 valence electrons. The van der Waals surface area contributed by atoms with Gasteiger partial charge in [-0.2, -0.15) is 0 Å². The molecule has 1 N–H and O–H groups in total. The third kappa shape index (κ3) is 2.56. The van der Waals surface area contributed by atoms with Crippen molar-refractivity contribution in [2.75, 3.05) is 13.1 Å². The van der Waals surface area contributed by atoms with E-state index >= 15 is 0 Å². The Labute approximate surface area is 97.6 Å². The molecule has 1 saturated heterocycles. The number of alkyl halides is 2. The van der Waals surface area contributed by atoms with Gasteiger partial charge < -0.3 is 10.0 Å². The summed E-state index contributed by atoms with van der Waals surface area (Å²) >= 11 is 0. The number of amides is 1. The lowest BCUT2D eigenvalue weighted by Gasteiger charge is -2.39. The highest BCUT2D eigenvalue weighted by atomic mass is 19.3. The first-order valence-corrected chi connectivity index (χ1v) is 5.78. The molecule has 0 spiro atoms. The summed E-state index contributed by atoms with van der Waals surface area (Å²) in [7, 11) is 0. The second-order valence-corrected chi connectivity index (χ2v) is 4.92. The standard InChI is InChI=1S/C11H15F2NO3/c12-11(13)4-8(5-11)9(15)14-3-1-2-7(6-14)10(16)17/h7-8H,1-6H2,(H,16,17). The molecule has 6 heteroatoms. The van der Waals surface area contributed by atoms with Crippen LogP contribution in [0.25, 0.3) is 0 Å². The van der Waals surface area contributed by atoms with Crippen molar-refractivity contribution in [1.29, 1.82) is 0 Å². The first-order valence-electron chi connectivity index (χ1n) is 5.78. The van der Waals surface area contributed by atoms with Crippen molar-refractivity contribution in [3.05, 3.63) is 0 Å². The molecule has 0 aromatic heterocycles. The highest BCUT2D eigenvalue weighted by Gasteiger charge is 2.50. The molecule has 2 rings (SSSR count). The second-order valence-electron chi connectivity index (χ2n) is 4.92. The van der Waals surface area contributed by atoms with E-state index in [4.69, 9.17) is 5.11 Å². The minimum absolute atomic E-state index is 0.163. The summed E-state index contributed by atoms with van der Waals surface area (Å²) in [4.78, 5) is 24.1. The van der Waals surface area contributed by atoms with Gasteiger partial charge in [0.15, 0.2) is 0 Å². The van der Waals surface area contributed by atoms with Gasteiger partial charge in [-0.1, -0.05) is 0 Å². The summed E-state index contributed by atoms with van der Waals surface area (Å²) in [5.74, 6) is -5.09. The number of carboxylic acid groups (broad SMARTS) is 1. The van der Waals surface area contributed by atoms with Crippen molar-refractivity contribution >= 4 is 11.9 Å². The predicted octanol–water partition coefficient (Wildman–Crippen LogP) is 1.35. The maximum atomic E-state index is 12.7. The van der Waals surface area contributed by atoms with Crippen molar-refractivity contribution in [1.82, 2.24) is 4.90 Å². The fourth-order valence-electron chi connectivity index (χ4n) is 2.47. The fourth-order valence-corrected chi connectivity index (χ4v) is 2.47. The third-order valence-electron chi connectivity index (χ3n) is 3.52. The minimum atomic E-state index is -2.71. The lowest BCUT2D eigenvalue weighted by molar-refractivity contribution is -0.162. The molecule has 0 aromatic rings. The summed E-state index contributed by atoms with van der Waals surface area (Å²) in [5, 5.41) is 8.87. The SMILES string of the molecule is O=C(O)C1CCCN(C(=O)C2CC(F)(F)C2)C1. The molecule has 1 aliphatic carbocycles. The zero-order chi connectivity index (χ0) is 12.6. The van der Waals surface area contributed by atoms with Crippen LogP contribution in [-0.2, 0) is 9.59 Å². The van der Waals surface area contributed by atoms with Gasteiger partial charge in [-0.3, -0.25) is 9.59 Å². The Kier molecular flexibility index (Phi) is 3.05. The minimum Gasteiger partial charge on any atom is -0.481 e. The number of nitrogens with zero attached hydrogens (tertiary/aromatic N) is 1. The number of hydrogen-bond donors (Lipinski definition) is 1. The molecule has 17 heavy (non-hydrogen) atoms. The first kappa shape index (κ1) is 12.3. The van der Waals surface area contributed by atoms with Gasteiger partial charge in [0, 0.05) is 31.8 Å². The van der Waals surface area contributed by atoms with Crippen LogP contribution in [0.2, 0.25) is 0 Å². The van der Waals surface area contributed by atoms with Gasteiger partial charge in [0.25, 0.3) is 0 Å². The zero-order valence-corrected chi connectivity index (χ0v) is 9.36. The van der Waals surface area contributed by atoms with E-state index in [0.29, 0.717) is 19.4 Å². The highest BCUT2D eigenvalue weighted by Crippen LogP contribution is 2.43. The van der Waals surface area contributed by atoms with E-state index in [2.05, 4.69) is 0 Å². The normalized spacial score (nSPS) is 28.6. The number of rotatable bonds is 2. The van der Waals surface area contributed by atoms with Crippen LogP contribution in [-0.4, -0.2) is 40.9 Å². The number of carboxylic acids is 1. The van der Waals surface area contributed by atoms with Crippen LogP contribution in [0, 0.1) is 11.8 Å². The zero-order valence-electron chi connectivity index (χ0n) is 9.36. The summed E-state index contributed by atoms with van der Waals surface area (Å²) in [6.07, 6.45) is 0.409. The Balaban J connectivity index is 1.90. The summed E-state index contributed by atoms with van der Waals surface area (Å²) < 4.78 is 25.3. The average Bonchev–Trinajstić information content (AvgIpc) is 2.25. The molecule has 0 aromatic carbocycles. The van der Waals surface area contributed by atoms with E-state index in [1.807, 2.05) is 0 Å². The lowest BCUT2D eigenvalue weighted by Crippen LogP contribution is -2.50. The van der Waals surface area contributed by atoms with Crippen molar-refractivity contribution in [2.45, 2.75) is 31.6 Å². The number of carbonyl (C=O) groups is 2. The summed E-state index contributed by atoms with van der Waals surface area (Å²) in [6.45, 7) is 0.654. The van der Waals surface area contributed by atoms with Gasteiger partial charge in [0.1, 0.15) is 0 Å². The number of piperidine rings is 1. The summed E-state index contributed by atoms with van der Waals surface area (Å²) in [6, 6.07) is 0. The number of aliphatic carboxylic acids is 1. The predicted molar refractivity (Wildman–Crippen MR) is 54.6 cm³/mol. The Bertz CT molecular complexity index is 338. The van der Waals surface area contributed by atoms with E-state index < -0.39 is 23.7 Å². The molecule has 1 amide bonds. The van der Waals surface area contributed by atoms with E-state index in [1.165, 1.54) is 4.90 Å². The molecule has 1 atom stereocenters. The smallest absolute Gasteiger partial charge is 0.308 e. The van der Waals surface area contributed by atoms with Crippen molar-refractivity contribution in [2.24, 2.45) is 11.8 Å². The quantitative estimate of drug-likeness (QED) is 0.801. The van der Waals surface area contributed by atoms with Crippen molar-refractivity contribution in [3.63, 3.8) is 0 Å². The van der Waals surface area contributed by atoms with Crippen LogP contribution in [0.5, 0.6) is 0 Å². The third-order valence-corrected chi connectivity index (χ3v) is 3.52. The van der Waals surface area contributed by atoms with Crippen molar-refractivity contribution in [3.8, 4) is 0 Å². The maximum absolute atomic E-state index is 12.7. The maximum Gasteiger partial charge on any atom is 0.308 e. The van der Waals surface area contributed by atoms with Crippen LogP contribution < -0.4 is 0 Å². The lowest BCUT2D eigenvalue weighted by atomic mass is 9.80. The highest BCUT2D eigenvalue weighted by molar-refractivity contribution is 5.81. The number of likely N-dealkylation sites (tertiary alicyclic amines) is 1. The van der Waals surface area contributed by atoms with Gasteiger partial charge in [-0.25, -0.2) is 8.78 Å². The van der Waals surface area contributed by atoms with Gasteiger partial charge in [-0.05, 0) is 12.8 Å². The first-order chi connectivity index (χ1) is 7.89. The van der Waals surface area contributed by atoms with E-state index in [-0.39, 0.29) is 25.3 Å². The van der Waals surface area contributed by atoms with Crippen LogP contribution in [0.3, 0.4) is 0 Å². The van der Waals surface area contributed by atoms with Crippen LogP contribution in [0.4, 0.5) is 8.78 Å². The molecular formula is C11H15F2NO3. The van der Waals surface area contributed by atoms with Crippen LogP contribution in [0.15, 0.2) is 0 Å². The largest absolute Gasteiger partial charge is 0.481 e. The number of hydrogen-bond acceptors (Lipinski definition) is 2. The molecule has 1 unspecified atom stereocenters. The monoisotopic (exact) mass is 247 g/mol. The molecule has 1 saturated carbocycles. The Morgan fingerprint density at radius 1 is 1.24 bits per heavy atom. The number of carbonyl (C=O) groups excluding carboxylic acids is 1. The van der Waals surface area contributed by atoms with E-state index in [9.17, 15) is 18.4 Å². The Hall–Kier alpha value is -1.20. The Morgan fingerprint density at radius 2 is 1.88 bits per heavy atom. The summed E-state index contributed by atoms with van der Waals surface area (Å²) in [5.41, 5.74) is 0. The van der Waals surface area contributed by atoms with Gasteiger partial charge in [0.05, 0.1) is 5.92 Å². The average molecular weight is 247 g/mol. The molecule has 0 bridgehead atoms. The molecule has 2 fully saturated rings. The molecule has 0 radical (unpaired) electrons. The molecule has 1 aliphatic heterocycles. The van der Waals surface area contributed by atoms with Gasteiger partial charge in [-0.15, -0.1) is 0 Å². The van der Waals surface area contributed by atoms with Crippen LogP contribution >= 0.6 is 0 Å². The molecule has 1 heterocycles. The van der Waals surface area contributed by atoms with E-state index in [0.717, 1.165) is 0 Å². The second kappa shape index (κ2) is 4.23. The molecular weight excluding hydrogens is 232 g/mol. The van der Waals surface area contributed by atoms with E-state index in [1.54, 1.807) is 0 Å². The molecule has 2 aliphatic rings. The van der Waals surface area contributed by atoms with Crippen LogP contribution in [0.1, 0.15) is 25.7 Å². The fraction of sp³-hybridized carbons (Fsp3) is 0.818. The topological polar surface area (TPSA) is 57.6 Å². The van der Waals surface area contributed by atoms with Crippen molar-refractivity contribution < 1.29 is 23.5 Å².